The number of nitrogens with zero attached hydrogens (tertiary/aromatic N) is 2. The average molecular weight is 255 g/mol. The Balaban J connectivity index is 2.99. The first-order valence-electron chi connectivity index (χ1n) is 2.97. The lowest BCUT2D eigenvalue weighted by atomic mass is 10.9. The summed E-state index contributed by atoms with van der Waals surface area (Å²) in [5.74, 6) is 0. The molecular formula is C5H7BrN2O3S. The third kappa shape index (κ3) is 2.21. The summed E-state index contributed by atoms with van der Waals surface area (Å²) in [6, 6.07) is 0.0457. The van der Waals surface area contributed by atoms with Crippen LogP contribution in [-0.2, 0) is 17.2 Å². The van der Waals surface area contributed by atoms with E-state index in [1.54, 1.807) is 7.05 Å². The fourth-order valence-electron chi connectivity index (χ4n) is 0.586. The van der Waals surface area contributed by atoms with E-state index in [1.165, 1.54) is 10.8 Å². The molecule has 5 nitrogen and oxygen atoms in total. The van der Waals surface area contributed by atoms with Crippen molar-refractivity contribution in [3.05, 3.63) is 10.8 Å². The molecule has 0 aliphatic carbocycles. The molecule has 0 spiro atoms. The van der Waals surface area contributed by atoms with Crippen molar-refractivity contribution in [1.29, 1.82) is 0 Å². The van der Waals surface area contributed by atoms with Gasteiger partial charge in [0.25, 0.3) is 0 Å². The molecule has 1 aromatic rings. The van der Waals surface area contributed by atoms with E-state index in [0.717, 1.165) is 6.26 Å². The van der Waals surface area contributed by atoms with Gasteiger partial charge in [0, 0.05) is 7.05 Å². The zero-order chi connectivity index (χ0) is 9.35. The molecule has 0 aromatic carbocycles. The second kappa shape index (κ2) is 3.06. The molecule has 1 heterocycles. The van der Waals surface area contributed by atoms with Crippen LogP contribution in [0.3, 0.4) is 0 Å². The molecule has 0 saturated heterocycles. The van der Waals surface area contributed by atoms with Crippen molar-refractivity contribution < 1.29 is 12.6 Å². The Labute approximate surface area is 78.6 Å². The van der Waals surface area contributed by atoms with Gasteiger partial charge < -0.3 is 4.18 Å². The fraction of sp³-hybridized carbons (Fsp3) is 0.400. The number of halogens is 1. The Morgan fingerprint density at radius 3 is 2.58 bits per heavy atom. The summed E-state index contributed by atoms with van der Waals surface area (Å²) in [6.45, 7) is 0. The number of hydrogen-bond donors (Lipinski definition) is 0. The molecule has 12 heavy (non-hydrogen) atoms. The van der Waals surface area contributed by atoms with E-state index in [1.807, 2.05) is 0 Å². The van der Waals surface area contributed by atoms with Crippen LogP contribution in [0, 0.1) is 0 Å². The minimum Gasteiger partial charge on any atom is -0.345 e. The van der Waals surface area contributed by atoms with Crippen molar-refractivity contribution >= 4 is 26.0 Å². The van der Waals surface area contributed by atoms with Gasteiger partial charge in [0.1, 0.15) is 4.60 Å². The van der Waals surface area contributed by atoms with Crippen LogP contribution >= 0.6 is 15.9 Å². The van der Waals surface area contributed by atoms with E-state index in [0.29, 0.717) is 4.60 Å². The van der Waals surface area contributed by atoms with Crippen LogP contribution in [0.15, 0.2) is 10.8 Å². The average Bonchev–Trinajstić information content (AvgIpc) is 2.16. The van der Waals surface area contributed by atoms with Crippen molar-refractivity contribution in [3.8, 4) is 6.01 Å². The molecule has 0 aliphatic rings. The Hall–Kier alpha value is -0.560. The summed E-state index contributed by atoms with van der Waals surface area (Å²) in [5.41, 5.74) is 0. The monoisotopic (exact) mass is 254 g/mol. The molecule has 0 bridgehead atoms. The minimum absolute atomic E-state index is 0.0457. The van der Waals surface area contributed by atoms with Crippen molar-refractivity contribution in [2.24, 2.45) is 7.05 Å². The first-order chi connectivity index (χ1) is 5.40. The summed E-state index contributed by atoms with van der Waals surface area (Å²) < 4.78 is 28.0. The van der Waals surface area contributed by atoms with Gasteiger partial charge in [0.2, 0.25) is 0 Å². The number of imidazole rings is 1. The molecule has 0 amide bonds. The molecule has 7 heteroatoms. The van der Waals surface area contributed by atoms with Gasteiger partial charge in [-0.15, -0.1) is 0 Å². The maximum Gasteiger partial charge on any atom is 0.313 e. The number of rotatable bonds is 2. The lowest BCUT2D eigenvalue weighted by Gasteiger charge is -2.01. The lowest BCUT2D eigenvalue weighted by Crippen LogP contribution is -2.09. The Kier molecular flexibility index (Phi) is 2.43. The van der Waals surface area contributed by atoms with Crippen molar-refractivity contribution in [1.82, 2.24) is 9.55 Å². The Morgan fingerprint density at radius 1 is 1.67 bits per heavy atom. The van der Waals surface area contributed by atoms with Gasteiger partial charge in [-0.1, -0.05) is 0 Å². The topological polar surface area (TPSA) is 61.2 Å². The van der Waals surface area contributed by atoms with Crippen molar-refractivity contribution in [2.45, 2.75) is 0 Å². The highest BCUT2D eigenvalue weighted by atomic mass is 79.9. The van der Waals surface area contributed by atoms with Gasteiger partial charge >= 0.3 is 16.1 Å². The third-order valence-electron chi connectivity index (χ3n) is 1.11. The smallest absolute Gasteiger partial charge is 0.313 e. The van der Waals surface area contributed by atoms with Gasteiger partial charge in [-0.05, 0) is 15.9 Å². The summed E-state index contributed by atoms with van der Waals surface area (Å²) in [7, 11) is -1.85. The van der Waals surface area contributed by atoms with Gasteiger partial charge in [-0.2, -0.15) is 8.42 Å². The molecule has 1 aromatic heterocycles. The van der Waals surface area contributed by atoms with Crippen LogP contribution < -0.4 is 4.18 Å². The molecule has 1 rings (SSSR count). The second-order valence-corrected chi connectivity index (χ2v) is 4.60. The van der Waals surface area contributed by atoms with Gasteiger partial charge in [-0.3, -0.25) is 4.57 Å². The van der Waals surface area contributed by atoms with Crippen LogP contribution in [0.2, 0.25) is 0 Å². The zero-order valence-electron chi connectivity index (χ0n) is 6.48. The highest BCUT2D eigenvalue weighted by molar-refractivity contribution is 9.10. The standard InChI is InChI=1S/C5H7BrN2O3S/c1-8-4(6)3-7-5(8)11-12(2,9)10/h3H,1-2H3. The van der Waals surface area contributed by atoms with Crippen LogP contribution in [0.1, 0.15) is 0 Å². The normalized spacial score (nSPS) is 11.6. The second-order valence-electron chi connectivity index (χ2n) is 2.21. The van der Waals surface area contributed by atoms with E-state index < -0.39 is 10.1 Å². The van der Waals surface area contributed by atoms with E-state index in [2.05, 4.69) is 25.1 Å². The SMILES string of the molecule is Cn1c(Br)cnc1OS(C)(=O)=O. The Morgan fingerprint density at radius 2 is 2.25 bits per heavy atom. The summed E-state index contributed by atoms with van der Waals surface area (Å²) >= 11 is 3.15. The van der Waals surface area contributed by atoms with Crippen LogP contribution in [-0.4, -0.2) is 24.2 Å². The maximum atomic E-state index is 10.7. The highest BCUT2D eigenvalue weighted by Gasteiger charge is 2.10. The minimum atomic E-state index is -3.49. The summed E-state index contributed by atoms with van der Waals surface area (Å²) in [5, 5.41) is 0. The van der Waals surface area contributed by atoms with E-state index in [4.69, 9.17) is 0 Å². The largest absolute Gasteiger partial charge is 0.345 e. The molecule has 0 atom stereocenters. The molecule has 0 N–H and O–H groups in total. The van der Waals surface area contributed by atoms with E-state index in [9.17, 15) is 8.42 Å². The molecule has 0 fully saturated rings. The summed E-state index contributed by atoms with van der Waals surface area (Å²) in [4.78, 5) is 3.72. The van der Waals surface area contributed by atoms with E-state index >= 15 is 0 Å². The molecule has 0 unspecified atom stereocenters. The first-order valence-corrected chi connectivity index (χ1v) is 5.58. The van der Waals surface area contributed by atoms with Gasteiger partial charge in [-0.25, -0.2) is 4.98 Å². The van der Waals surface area contributed by atoms with Gasteiger partial charge in [0.15, 0.2) is 0 Å². The molecule has 0 aliphatic heterocycles. The molecular weight excluding hydrogens is 248 g/mol. The van der Waals surface area contributed by atoms with Crippen molar-refractivity contribution in [3.63, 3.8) is 0 Å². The zero-order valence-corrected chi connectivity index (χ0v) is 8.89. The quantitative estimate of drug-likeness (QED) is 0.723. The maximum absolute atomic E-state index is 10.7. The number of hydrogen-bond acceptors (Lipinski definition) is 4. The van der Waals surface area contributed by atoms with E-state index in [-0.39, 0.29) is 6.01 Å². The van der Waals surface area contributed by atoms with Crippen molar-refractivity contribution in [2.75, 3.05) is 6.26 Å². The summed E-state index contributed by atoms with van der Waals surface area (Å²) in [6.07, 6.45) is 2.43. The molecule has 0 saturated carbocycles. The first kappa shape index (κ1) is 9.53. The van der Waals surface area contributed by atoms with Crippen LogP contribution in [0.4, 0.5) is 0 Å². The van der Waals surface area contributed by atoms with Crippen LogP contribution in [0.5, 0.6) is 6.01 Å². The lowest BCUT2D eigenvalue weighted by molar-refractivity contribution is 0.457. The Bertz CT molecular complexity index is 383. The molecule has 0 radical (unpaired) electrons. The third-order valence-corrected chi connectivity index (χ3v) is 2.30. The van der Waals surface area contributed by atoms with Gasteiger partial charge in [0.05, 0.1) is 12.5 Å². The highest BCUT2D eigenvalue weighted by Crippen LogP contribution is 2.16. The predicted octanol–water partition coefficient (Wildman–Crippen LogP) is 0.521. The fourth-order valence-corrected chi connectivity index (χ4v) is 1.27. The van der Waals surface area contributed by atoms with Crippen LogP contribution in [0.25, 0.3) is 0 Å². The molecule has 68 valence electrons. The predicted molar refractivity (Wildman–Crippen MR) is 46.4 cm³/mol. The number of aromatic nitrogens is 2.